The van der Waals surface area contributed by atoms with E-state index < -0.39 is 11.5 Å². The van der Waals surface area contributed by atoms with Crippen LogP contribution in [-0.4, -0.2) is 30.6 Å². The average Bonchev–Trinajstić information content (AvgIpc) is 2.71. The molecule has 0 bridgehead atoms. The number of alkyl halides is 1. The van der Waals surface area contributed by atoms with E-state index in [2.05, 4.69) is 32.9 Å². The Morgan fingerprint density at radius 2 is 1.48 bits per heavy atom. The van der Waals surface area contributed by atoms with Crippen molar-refractivity contribution >= 4 is 28.6 Å². The van der Waals surface area contributed by atoms with Gasteiger partial charge in [-0.2, -0.15) is 0 Å². The monoisotopic (exact) mass is 438 g/mol. The summed E-state index contributed by atoms with van der Waals surface area (Å²) in [4.78, 5) is 10.8. The van der Waals surface area contributed by atoms with Gasteiger partial charge in [-0.3, -0.25) is 0 Å². The van der Waals surface area contributed by atoms with Gasteiger partial charge in [0.15, 0.2) is 6.10 Å². The molecule has 2 aromatic rings. The largest absolute Gasteiger partial charge is 0.494 e. The van der Waals surface area contributed by atoms with Gasteiger partial charge >= 0.3 is 5.43 Å². The molecule has 4 nitrogen and oxygen atoms in total. The molecule has 29 heavy (non-hydrogen) atoms. The van der Waals surface area contributed by atoms with Crippen LogP contribution < -0.4 is 9.47 Å². The molecule has 0 N–H and O–H groups in total. The zero-order chi connectivity index (χ0) is 21.3. The molecule has 0 heterocycles. The van der Waals surface area contributed by atoms with Gasteiger partial charge in [-0.15, -0.1) is 11.6 Å². The zero-order valence-corrected chi connectivity index (χ0v) is 18.6. The van der Waals surface area contributed by atoms with E-state index in [1.807, 2.05) is 36.4 Å². The van der Waals surface area contributed by atoms with Gasteiger partial charge in [0.25, 0.3) is 0 Å². The molecule has 158 valence electrons. The van der Waals surface area contributed by atoms with Crippen molar-refractivity contribution in [2.45, 2.75) is 45.1 Å². The Morgan fingerprint density at radius 3 is 1.93 bits per heavy atom. The molecule has 0 saturated heterocycles. The van der Waals surface area contributed by atoms with E-state index in [1.54, 1.807) is 0 Å². The molecule has 0 radical (unpaired) electrons. The summed E-state index contributed by atoms with van der Waals surface area (Å²) < 4.78 is 16.3. The van der Waals surface area contributed by atoms with Crippen LogP contribution in [0, 0.1) is 0 Å². The Kier molecular flexibility index (Phi) is 9.12. The Labute approximate surface area is 183 Å². The van der Waals surface area contributed by atoms with Crippen LogP contribution >= 0.6 is 23.2 Å². The third-order valence-corrected chi connectivity index (χ3v) is 5.22. The van der Waals surface area contributed by atoms with Gasteiger partial charge in [0.05, 0.1) is 12.5 Å². The van der Waals surface area contributed by atoms with Crippen molar-refractivity contribution in [3.05, 3.63) is 59.7 Å². The Bertz CT molecular complexity index is 757. The van der Waals surface area contributed by atoms with E-state index in [1.165, 1.54) is 5.56 Å². The summed E-state index contributed by atoms with van der Waals surface area (Å²) in [7, 11) is 0. The molecule has 2 rings (SSSR count). The molecule has 1 unspecified atom stereocenters. The highest BCUT2D eigenvalue weighted by Gasteiger charge is 2.23. The minimum Gasteiger partial charge on any atom is -0.494 e. The van der Waals surface area contributed by atoms with Crippen LogP contribution in [0.25, 0.3) is 0 Å². The lowest BCUT2D eigenvalue weighted by molar-refractivity contribution is 0.0956. The number of halogens is 2. The molecule has 0 saturated carbocycles. The van der Waals surface area contributed by atoms with Crippen molar-refractivity contribution in [2.75, 3.05) is 19.1 Å². The van der Waals surface area contributed by atoms with Gasteiger partial charge < -0.3 is 14.2 Å². The SMILES string of the molecule is CCCCOc1ccc(C(C)(C)c2ccc(OCC(CCl)OC(=O)Cl)cc2)cc1. The first-order chi connectivity index (χ1) is 13.9. The topological polar surface area (TPSA) is 44.8 Å². The lowest BCUT2D eigenvalue weighted by atomic mass is 9.78. The number of benzene rings is 2. The molecular formula is C23H28Cl2O4. The van der Waals surface area contributed by atoms with E-state index in [0.29, 0.717) is 5.75 Å². The Morgan fingerprint density at radius 1 is 0.966 bits per heavy atom. The second kappa shape index (κ2) is 11.3. The number of rotatable bonds is 11. The Hall–Kier alpha value is -1.91. The number of hydrogen-bond acceptors (Lipinski definition) is 4. The van der Waals surface area contributed by atoms with Crippen molar-refractivity contribution in [3.63, 3.8) is 0 Å². The van der Waals surface area contributed by atoms with Crippen molar-refractivity contribution in [1.29, 1.82) is 0 Å². The summed E-state index contributed by atoms with van der Waals surface area (Å²) in [5.41, 5.74) is 1.29. The third-order valence-electron chi connectivity index (χ3n) is 4.79. The number of carbonyl (C=O) groups is 1. The van der Waals surface area contributed by atoms with E-state index in [4.69, 9.17) is 37.4 Å². The molecule has 0 fully saturated rings. The number of carbonyl (C=O) groups excluding carboxylic acids is 1. The van der Waals surface area contributed by atoms with Crippen molar-refractivity contribution < 1.29 is 19.0 Å². The highest BCUT2D eigenvalue weighted by molar-refractivity contribution is 6.61. The van der Waals surface area contributed by atoms with Gasteiger partial charge in [-0.1, -0.05) is 51.5 Å². The van der Waals surface area contributed by atoms with Crippen molar-refractivity contribution in [3.8, 4) is 11.5 Å². The Balaban J connectivity index is 2.00. The van der Waals surface area contributed by atoms with Gasteiger partial charge in [0, 0.05) is 17.0 Å². The quantitative estimate of drug-likeness (QED) is 0.226. The van der Waals surface area contributed by atoms with E-state index in [9.17, 15) is 4.79 Å². The fraction of sp³-hybridized carbons (Fsp3) is 0.435. The van der Waals surface area contributed by atoms with E-state index in [0.717, 1.165) is 30.8 Å². The molecule has 0 spiro atoms. The van der Waals surface area contributed by atoms with Crippen LogP contribution in [0.1, 0.15) is 44.7 Å². The van der Waals surface area contributed by atoms with Crippen LogP contribution in [0.2, 0.25) is 0 Å². The van der Waals surface area contributed by atoms with Gasteiger partial charge in [0.2, 0.25) is 0 Å². The predicted octanol–water partition coefficient (Wildman–Crippen LogP) is 6.55. The molecule has 0 aromatic heterocycles. The van der Waals surface area contributed by atoms with Gasteiger partial charge in [-0.05, 0) is 41.8 Å². The smallest absolute Gasteiger partial charge is 0.404 e. The lowest BCUT2D eigenvalue weighted by Crippen LogP contribution is -2.24. The molecule has 2 aromatic carbocycles. The van der Waals surface area contributed by atoms with Crippen LogP contribution in [0.4, 0.5) is 4.79 Å². The highest BCUT2D eigenvalue weighted by atomic mass is 35.5. The van der Waals surface area contributed by atoms with Crippen LogP contribution in [-0.2, 0) is 10.2 Å². The fourth-order valence-corrected chi connectivity index (χ4v) is 3.15. The van der Waals surface area contributed by atoms with Crippen LogP contribution in [0.3, 0.4) is 0 Å². The van der Waals surface area contributed by atoms with Gasteiger partial charge in [-0.25, -0.2) is 4.79 Å². The summed E-state index contributed by atoms with van der Waals surface area (Å²) in [6, 6.07) is 16.1. The average molecular weight is 439 g/mol. The maximum atomic E-state index is 10.8. The maximum absolute atomic E-state index is 10.8. The molecule has 6 heteroatoms. The molecule has 0 amide bonds. The summed E-state index contributed by atoms with van der Waals surface area (Å²) in [6.07, 6.45) is 1.59. The molecule has 1 atom stereocenters. The lowest BCUT2D eigenvalue weighted by Gasteiger charge is -2.26. The van der Waals surface area contributed by atoms with E-state index in [-0.39, 0.29) is 17.9 Å². The number of ether oxygens (including phenoxy) is 3. The zero-order valence-electron chi connectivity index (χ0n) is 17.1. The molecule has 0 aliphatic heterocycles. The highest BCUT2D eigenvalue weighted by Crippen LogP contribution is 2.33. The predicted molar refractivity (Wildman–Crippen MR) is 118 cm³/mol. The van der Waals surface area contributed by atoms with Gasteiger partial charge in [0.1, 0.15) is 18.1 Å². The first-order valence-corrected chi connectivity index (χ1v) is 10.7. The second-order valence-corrected chi connectivity index (χ2v) is 7.94. The minimum atomic E-state index is -0.891. The first-order valence-electron chi connectivity index (χ1n) is 9.75. The fourth-order valence-electron chi connectivity index (χ4n) is 2.87. The summed E-state index contributed by atoms with van der Waals surface area (Å²) in [6.45, 7) is 7.40. The van der Waals surface area contributed by atoms with Crippen LogP contribution in [0.5, 0.6) is 11.5 Å². The van der Waals surface area contributed by atoms with Crippen molar-refractivity contribution in [2.24, 2.45) is 0 Å². The number of unbranched alkanes of at least 4 members (excludes halogenated alkanes) is 1. The van der Waals surface area contributed by atoms with Crippen molar-refractivity contribution in [1.82, 2.24) is 0 Å². The molecule has 0 aliphatic rings. The summed E-state index contributed by atoms with van der Waals surface area (Å²) in [5, 5.41) is 0. The summed E-state index contributed by atoms with van der Waals surface area (Å²) in [5.74, 6) is 1.68. The molecular weight excluding hydrogens is 411 g/mol. The second-order valence-electron chi connectivity index (χ2n) is 7.32. The summed E-state index contributed by atoms with van der Waals surface area (Å²) >= 11 is 11.0. The third kappa shape index (κ3) is 7.13. The van der Waals surface area contributed by atoms with E-state index >= 15 is 0 Å². The minimum absolute atomic E-state index is 0.113. The standard InChI is InChI=1S/C23H28Cl2O4/c1-4-5-14-27-19-10-6-17(7-11-19)23(2,3)18-8-12-20(13-9-18)28-16-21(15-24)29-22(25)26/h6-13,21H,4-5,14-16H2,1-3H3. The first kappa shape index (κ1) is 23.4. The molecule has 0 aliphatic carbocycles. The number of hydrogen-bond donors (Lipinski definition) is 0. The maximum Gasteiger partial charge on any atom is 0.404 e. The normalized spacial score (nSPS) is 12.3. The van der Waals surface area contributed by atoms with Crippen LogP contribution in [0.15, 0.2) is 48.5 Å².